The maximum absolute atomic E-state index is 10.8. The Balaban J connectivity index is 4.10. The number of amides is 1. The molecule has 0 aromatic heterocycles. The lowest BCUT2D eigenvalue weighted by Crippen LogP contribution is -2.44. The van der Waals surface area contributed by atoms with Gasteiger partial charge in [0.1, 0.15) is 5.86 Å². The Hall–Kier alpha value is -0.810. The summed E-state index contributed by atoms with van der Waals surface area (Å²) in [7, 11) is 1.31. The van der Waals surface area contributed by atoms with E-state index in [0.717, 1.165) is 0 Å². The highest BCUT2D eigenvalue weighted by atomic mass is 35.5. The van der Waals surface area contributed by atoms with Gasteiger partial charge in [0.25, 0.3) is 0 Å². The van der Waals surface area contributed by atoms with E-state index < -0.39 is 23.8 Å². The van der Waals surface area contributed by atoms with Gasteiger partial charge in [-0.15, -0.1) is 11.6 Å². The van der Waals surface area contributed by atoms with Crippen molar-refractivity contribution in [2.75, 3.05) is 19.6 Å². The number of methoxy groups -OCH3 is 1. The van der Waals surface area contributed by atoms with E-state index in [9.17, 15) is 9.59 Å². The number of carboxylic acids is 1. The second-order valence-corrected chi connectivity index (χ2v) is 2.18. The molecule has 0 saturated carbocycles. The van der Waals surface area contributed by atoms with Gasteiger partial charge in [-0.05, 0) is 0 Å². The number of nitrogens with one attached hydrogen (secondary N) is 1. The fourth-order valence-corrected chi connectivity index (χ4v) is 0.608. The third kappa shape index (κ3) is 4.15. The van der Waals surface area contributed by atoms with Gasteiger partial charge < -0.3 is 15.2 Å². The summed E-state index contributed by atoms with van der Waals surface area (Å²) in [6.45, 7) is -0.162. The Labute approximate surface area is 76.1 Å². The molecule has 0 aliphatic carbocycles. The molecule has 70 valence electrons. The van der Waals surface area contributed by atoms with Crippen LogP contribution in [-0.2, 0) is 14.3 Å². The second-order valence-electron chi connectivity index (χ2n) is 1.96. The molecule has 0 heterocycles. The number of carboxylic acid groups (broad SMARTS) is 1. The first-order valence-corrected chi connectivity index (χ1v) is 3.51. The summed E-state index contributed by atoms with van der Waals surface area (Å²) in [6, 6.07) is -1.16. The number of hydrogen-bond acceptors (Lipinski definition) is 3. The van der Waals surface area contributed by atoms with Gasteiger partial charge >= 0.3 is 5.97 Å². The topological polar surface area (TPSA) is 75.6 Å². The number of halogens is 1. The fourth-order valence-electron chi connectivity index (χ4n) is 0.545. The third-order valence-corrected chi connectivity index (χ3v) is 1.25. The highest BCUT2D eigenvalue weighted by molar-refractivity contribution is 6.27. The zero-order chi connectivity index (χ0) is 10.4. The van der Waals surface area contributed by atoms with Crippen LogP contribution < -0.4 is 5.32 Å². The first-order chi connectivity index (χ1) is 5.99. The van der Waals surface area contributed by atoms with E-state index in [2.05, 4.69) is 4.74 Å². The molecule has 0 rings (SSSR count). The molecule has 0 aromatic carbocycles. The van der Waals surface area contributed by atoms with E-state index in [0.29, 0.717) is 0 Å². The van der Waals surface area contributed by atoms with Crippen molar-refractivity contribution in [1.82, 2.24) is 5.32 Å². The normalized spacial score (nSPS) is 16.0. The molecule has 0 bridgehead atoms. The van der Waals surface area contributed by atoms with Crippen LogP contribution in [0.15, 0.2) is 0 Å². The van der Waals surface area contributed by atoms with Crippen molar-refractivity contribution in [3.8, 4) is 0 Å². The molecule has 0 radical (unpaired) electrons. The molecule has 0 aliphatic rings. The zero-order valence-electron chi connectivity index (χ0n) is 7.41. The fraction of sp³-hybridized carbons (Fsp3) is 0.667. The maximum atomic E-state index is 10.8. The van der Waals surface area contributed by atoms with Crippen LogP contribution in [0.4, 0.5) is 0 Å². The molecule has 2 atom stereocenters. The Kier molecular flexibility index (Phi) is 4.48. The van der Waals surface area contributed by atoms with Crippen molar-refractivity contribution in [2.45, 2.75) is 6.04 Å². The van der Waals surface area contributed by atoms with Crippen LogP contribution >= 0.6 is 11.6 Å². The Morgan fingerprint density at radius 3 is 2.75 bits per heavy atom. The molecule has 1 amide bonds. The minimum Gasteiger partial charge on any atom is -0.480 e. The molecule has 0 aliphatic heterocycles. The van der Waals surface area contributed by atoms with Crippen LogP contribution in [0.3, 0.4) is 0 Å². The Morgan fingerprint density at radius 1 is 1.83 bits per heavy atom. The molecule has 0 aromatic rings. The minimum atomic E-state index is -1.50. The van der Waals surface area contributed by atoms with Crippen molar-refractivity contribution in [3.63, 3.8) is 0 Å². The van der Waals surface area contributed by atoms with E-state index in [-0.39, 0.29) is 6.61 Å². The van der Waals surface area contributed by atoms with Crippen LogP contribution in [0.25, 0.3) is 0 Å². The lowest BCUT2D eigenvalue weighted by atomic mass is 10.3. The van der Waals surface area contributed by atoms with Crippen LogP contribution in [0.2, 0.25) is 0 Å². The molecular weight excluding hydrogens is 186 g/mol. The van der Waals surface area contributed by atoms with Crippen molar-refractivity contribution in [1.29, 1.82) is 0 Å². The van der Waals surface area contributed by atoms with Crippen LogP contribution in [0.1, 0.15) is 1.37 Å². The van der Waals surface area contributed by atoms with Crippen LogP contribution in [-0.4, -0.2) is 42.6 Å². The highest BCUT2D eigenvalue weighted by Gasteiger charge is 2.18. The Bertz CT molecular complexity index is 199. The number of carbonyl (C=O) groups excluding carboxylic acids is 1. The number of rotatable bonds is 5. The number of hydrogen-bond donors (Lipinski definition) is 2. The smallest absolute Gasteiger partial charge is 0.328 e. The predicted octanol–water partition coefficient (Wildman–Crippen LogP) is -0.559. The summed E-state index contributed by atoms with van der Waals surface area (Å²) in [5.41, 5.74) is 0. The summed E-state index contributed by atoms with van der Waals surface area (Å²) in [5.74, 6) is -3.59. The molecule has 5 nitrogen and oxygen atoms in total. The first-order valence-electron chi connectivity index (χ1n) is 3.65. The second kappa shape index (κ2) is 5.79. The van der Waals surface area contributed by atoms with Crippen molar-refractivity contribution in [2.24, 2.45) is 0 Å². The number of ether oxygens (including phenoxy) is 1. The minimum absolute atomic E-state index is 0.162. The average Bonchev–Trinajstić information content (AvgIpc) is 2.03. The molecule has 12 heavy (non-hydrogen) atoms. The molecule has 0 fully saturated rings. The van der Waals surface area contributed by atoms with Crippen molar-refractivity contribution < 1.29 is 20.8 Å². The van der Waals surface area contributed by atoms with Crippen LogP contribution in [0.5, 0.6) is 0 Å². The average molecular weight is 197 g/mol. The van der Waals surface area contributed by atoms with E-state index in [4.69, 9.17) is 18.1 Å². The number of carbonyl (C=O) groups is 2. The van der Waals surface area contributed by atoms with Gasteiger partial charge in [-0.1, -0.05) is 0 Å². The monoisotopic (exact) mass is 196 g/mol. The lowest BCUT2D eigenvalue weighted by Gasteiger charge is -2.11. The van der Waals surface area contributed by atoms with Gasteiger partial charge in [-0.25, -0.2) is 4.79 Å². The van der Waals surface area contributed by atoms with Gasteiger partial charge in [-0.2, -0.15) is 0 Å². The summed E-state index contributed by atoms with van der Waals surface area (Å²) < 4.78 is 11.3. The number of alkyl halides is 1. The molecular formula is C6H10ClNO4. The van der Waals surface area contributed by atoms with E-state index in [1.54, 1.807) is 0 Å². The van der Waals surface area contributed by atoms with Gasteiger partial charge in [0.05, 0.1) is 7.98 Å². The zero-order valence-corrected chi connectivity index (χ0v) is 7.17. The number of aliphatic carboxylic acids is 1. The third-order valence-electron chi connectivity index (χ3n) is 1.05. The van der Waals surface area contributed by atoms with Gasteiger partial charge in [0, 0.05) is 7.11 Å². The summed E-state index contributed by atoms with van der Waals surface area (Å²) >= 11 is 5.10. The van der Waals surface area contributed by atoms with Crippen molar-refractivity contribution >= 4 is 23.5 Å². The largest absolute Gasteiger partial charge is 0.480 e. The van der Waals surface area contributed by atoms with Crippen LogP contribution in [0, 0.1) is 0 Å². The van der Waals surface area contributed by atoms with Gasteiger partial charge in [-0.3, -0.25) is 4.79 Å². The summed E-state index contributed by atoms with van der Waals surface area (Å²) in [5, 5.41) is 10.6. The first kappa shape index (κ1) is 9.28. The molecule has 1 unspecified atom stereocenters. The molecule has 2 N–H and O–H groups in total. The SMILES string of the molecule is [2H]C(Cl)C(=O)N[C@@H](COC)C(=O)O. The van der Waals surface area contributed by atoms with Crippen molar-refractivity contribution in [3.05, 3.63) is 0 Å². The summed E-state index contributed by atoms with van der Waals surface area (Å²) in [6.07, 6.45) is 0. The highest BCUT2D eigenvalue weighted by Crippen LogP contribution is 1.86. The quantitative estimate of drug-likeness (QED) is 0.578. The van der Waals surface area contributed by atoms with Gasteiger partial charge in [0.2, 0.25) is 5.91 Å². The van der Waals surface area contributed by atoms with E-state index >= 15 is 0 Å². The van der Waals surface area contributed by atoms with E-state index in [1.807, 2.05) is 5.32 Å². The molecule has 6 heteroatoms. The molecule has 0 saturated heterocycles. The predicted molar refractivity (Wildman–Crippen MR) is 42.2 cm³/mol. The maximum Gasteiger partial charge on any atom is 0.328 e. The lowest BCUT2D eigenvalue weighted by molar-refractivity contribution is -0.142. The summed E-state index contributed by atoms with van der Waals surface area (Å²) in [4.78, 5) is 21.2. The Morgan fingerprint density at radius 2 is 2.42 bits per heavy atom. The standard InChI is InChI=1S/C6H10ClNO4/c1-12-3-4(6(10)11)8-5(9)2-7/h4H,2-3H2,1H3,(H,8,9)(H,10,11)/t4-/m0/s1/i2D/t2?,4-. The van der Waals surface area contributed by atoms with E-state index in [1.165, 1.54) is 7.11 Å². The molecule has 0 spiro atoms. The van der Waals surface area contributed by atoms with Gasteiger partial charge in [0.15, 0.2) is 6.04 Å².